The predicted octanol–water partition coefficient (Wildman–Crippen LogP) is 2.89. The van der Waals surface area contributed by atoms with Gasteiger partial charge in [-0.1, -0.05) is 6.07 Å². The summed E-state index contributed by atoms with van der Waals surface area (Å²) in [5, 5.41) is 9.52. The lowest BCUT2D eigenvalue weighted by Crippen LogP contribution is -2.39. The first-order chi connectivity index (χ1) is 11.7. The van der Waals surface area contributed by atoms with Crippen molar-refractivity contribution in [1.29, 1.82) is 0 Å². The highest BCUT2D eigenvalue weighted by molar-refractivity contribution is 5.96. The molecule has 2 heterocycles. The lowest BCUT2D eigenvalue weighted by Gasteiger charge is -2.28. The largest absolute Gasteiger partial charge is 0.326 e. The van der Waals surface area contributed by atoms with E-state index in [9.17, 15) is 9.59 Å². The molecule has 0 aromatic heterocycles. The number of amides is 2. The maximum atomic E-state index is 12.3. The molecule has 0 spiro atoms. The number of nitrogens with one attached hydrogen (secondary N) is 3. The summed E-state index contributed by atoms with van der Waals surface area (Å²) in [6.07, 6.45) is 7.30. The standard InChI is InChI=1S/C19H25N3O2/c23-18(10-12-8-16-6-7-17(9-12)20-16)21-14-2-1-3-15(11-14)22-19(24)13-4-5-13/h1-3,11-13,16-17,20H,4-10H2,(H,21,23)(H,22,24). The normalized spacial score (nSPS) is 28.4. The van der Waals surface area contributed by atoms with Crippen LogP contribution in [-0.4, -0.2) is 23.9 Å². The van der Waals surface area contributed by atoms with Crippen LogP contribution in [-0.2, 0) is 9.59 Å². The van der Waals surface area contributed by atoms with Crippen LogP contribution in [0.25, 0.3) is 0 Å². The first-order valence-electron chi connectivity index (χ1n) is 9.12. The van der Waals surface area contributed by atoms with Gasteiger partial charge < -0.3 is 16.0 Å². The van der Waals surface area contributed by atoms with Crippen molar-refractivity contribution < 1.29 is 9.59 Å². The highest BCUT2D eigenvalue weighted by Gasteiger charge is 2.34. The van der Waals surface area contributed by atoms with Gasteiger partial charge in [-0.05, 0) is 62.6 Å². The van der Waals surface area contributed by atoms with E-state index >= 15 is 0 Å². The Kier molecular flexibility index (Phi) is 4.27. The summed E-state index contributed by atoms with van der Waals surface area (Å²) in [5.41, 5.74) is 1.51. The number of anilines is 2. The Morgan fingerprint density at radius 3 is 2.33 bits per heavy atom. The van der Waals surface area contributed by atoms with E-state index in [4.69, 9.17) is 0 Å². The highest BCUT2D eigenvalue weighted by Crippen LogP contribution is 2.33. The molecule has 5 heteroatoms. The van der Waals surface area contributed by atoms with Crippen LogP contribution >= 0.6 is 0 Å². The molecule has 5 nitrogen and oxygen atoms in total. The minimum atomic E-state index is 0.0759. The van der Waals surface area contributed by atoms with E-state index < -0.39 is 0 Å². The van der Waals surface area contributed by atoms with Gasteiger partial charge in [0.05, 0.1) is 0 Å². The fourth-order valence-electron chi connectivity index (χ4n) is 4.08. The van der Waals surface area contributed by atoms with Crippen molar-refractivity contribution in [1.82, 2.24) is 5.32 Å². The summed E-state index contributed by atoms with van der Waals surface area (Å²) in [6, 6.07) is 8.66. The molecule has 24 heavy (non-hydrogen) atoms. The van der Waals surface area contributed by atoms with Crippen molar-refractivity contribution >= 4 is 23.2 Å². The van der Waals surface area contributed by atoms with Crippen molar-refractivity contribution in [3.8, 4) is 0 Å². The third-order valence-electron chi connectivity index (χ3n) is 5.41. The number of piperidine rings is 1. The lowest BCUT2D eigenvalue weighted by atomic mass is 9.89. The molecule has 2 unspecified atom stereocenters. The zero-order valence-electron chi connectivity index (χ0n) is 13.9. The van der Waals surface area contributed by atoms with Crippen LogP contribution in [0.15, 0.2) is 24.3 Å². The molecule has 2 saturated heterocycles. The number of hydrogen-bond acceptors (Lipinski definition) is 3. The topological polar surface area (TPSA) is 70.2 Å². The van der Waals surface area contributed by atoms with E-state index in [1.165, 1.54) is 12.8 Å². The Morgan fingerprint density at radius 2 is 1.67 bits per heavy atom. The number of rotatable bonds is 5. The molecule has 3 N–H and O–H groups in total. The Morgan fingerprint density at radius 1 is 1.00 bits per heavy atom. The molecule has 3 fully saturated rings. The van der Waals surface area contributed by atoms with Gasteiger partial charge in [0.25, 0.3) is 0 Å². The molecule has 0 radical (unpaired) electrons. The van der Waals surface area contributed by atoms with Crippen molar-refractivity contribution in [3.05, 3.63) is 24.3 Å². The fraction of sp³-hybridized carbons (Fsp3) is 0.579. The Bertz CT molecular complexity index is 629. The Balaban J connectivity index is 1.31. The zero-order chi connectivity index (χ0) is 16.5. The number of carbonyl (C=O) groups is 2. The van der Waals surface area contributed by atoms with Crippen LogP contribution in [0.5, 0.6) is 0 Å². The van der Waals surface area contributed by atoms with Crippen molar-refractivity contribution in [2.24, 2.45) is 11.8 Å². The van der Waals surface area contributed by atoms with Gasteiger partial charge in [0.15, 0.2) is 0 Å². The van der Waals surface area contributed by atoms with Gasteiger partial charge in [0, 0.05) is 35.8 Å². The molecule has 3 aliphatic rings. The SMILES string of the molecule is O=C(CC1CC2CCC(C1)N2)Nc1cccc(NC(=O)C2CC2)c1. The smallest absolute Gasteiger partial charge is 0.227 e. The van der Waals surface area contributed by atoms with Gasteiger partial charge in [-0.3, -0.25) is 9.59 Å². The van der Waals surface area contributed by atoms with E-state index in [1.54, 1.807) is 0 Å². The first kappa shape index (κ1) is 15.6. The van der Waals surface area contributed by atoms with Crippen LogP contribution in [0.3, 0.4) is 0 Å². The van der Waals surface area contributed by atoms with Crippen LogP contribution < -0.4 is 16.0 Å². The second-order valence-electron chi connectivity index (χ2n) is 7.57. The predicted molar refractivity (Wildman–Crippen MR) is 93.7 cm³/mol. The minimum Gasteiger partial charge on any atom is -0.326 e. The van der Waals surface area contributed by atoms with E-state index in [1.807, 2.05) is 24.3 Å². The van der Waals surface area contributed by atoms with Crippen molar-refractivity contribution in [2.75, 3.05) is 10.6 Å². The number of fused-ring (bicyclic) bond motifs is 2. The van der Waals surface area contributed by atoms with Crippen LogP contribution in [0.2, 0.25) is 0 Å². The van der Waals surface area contributed by atoms with Gasteiger partial charge in [0.1, 0.15) is 0 Å². The maximum absolute atomic E-state index is 12.3. The van der Waals surface area contributed by atoms with Gasteiger partial charge in [-0.25, -0.2) is 0 Å². The number of carbonyl (C=O) groups excluding carboxylic acids is 2. The van der Waals surface area contributed by atoms with E-state index in [2.05, 4.69) is 16.0 Å². The fourth-order valence-corrected chi connectivity index (χ4v) is 4.08. The Labute approximate surface area is 142 Å². The number of hydrogen-bond donors (Lipinski definition) is 3. The molecular formula is C19H25N3O2. The molecule has 2 amide bonds. The average molecular weight is 327 g/mol. The third-order valence-corrected chi connectivity index (χ3v) is 5.41. The van der Waals surface area contributed by atoms with E-state index in [-0.39, 0.29) is 17.7 Å². The average Bonchev–Trinajstić information content (AvgIpc) is 3.33. The second kappa shape index (κ2) is 6.55. The van der Waals surface area contributed by atoms with Gasteiger partial charge in [-0.2, -0.15) is 0 Å². The third kappa shape index (κ3) is 3.78. The first-order valence-corrected chi connectivity index (χ1v) is 9.12. The van der Waals surface area contributed by atoms with Crippen LogP contribution in [0, 0.1) is 11.8 Å². The highest BCUT2D eigenvalue weighted by atomic mass is 16.2. The quantitative estimate of drug-likeness (QED) is 0.779. The summed E-state index contributed by atoms with van der Waals surface area (Å²) in [7, 11) is 0. The van der Waals surface area contributed by atoms with Crippen molar-refractivity contribution in [2.45, 2.75) is 57.0 Å². The summed E-state index contributed by atoms with van der Waals surface area (Å²) in [5.74, 6) is 0.829. The molecule has 2 bridgehead atoms. The molecule has 2 aliphatic heterocycles. The monoisotopic (exact) mass is 327 g/mol. The lowest BCUT2D eigenvalue weighted by molar-refractivity contribution is -0.118. The van der Waals surface area contributed by atoms with Gasteiger partial charge >= 0.3 is 0 Å². The summed E-state index contributed by atoms with van der Waals surface area (Å²) >= 11 is 0. The summed E-state index contributed by atoms with van der Waals surface area (Å²) in [6.45, 7) is 0. The van der Waals surface area contributed by atoms with Crippen LogP contribution in [0.1, 0.15) is 44.9 Å². The molecule has 4 rings (SSSR count). The van der Waals surface area contributed by atoms with Gasteiger partial charge in [0.2, 0.25) is 11.8 Å². The molecule has 1 saturated carbocycles. The molecule has 1 aromatic rings. The van der Waals surface area contributed by atoms with Crippen molar-refractivity contribution in [3.63, 3.8) is 0 Å². The second-order valence-corrected chi connectivity index (χ2v) is 7.57. The van der Waals surface area contributed by atoms with Gasteiger partial charge in [-0.15, -0.1) is 0 Å². The Hall–Kier alpha value is -1.88. The molecule has 1 aliphatic carbocycles. The number of benzene rings is 1. The zero-order valence-corrected chi connectivity index (χ0v) is 13.9. The summed E-state index contributed by atoms with van der Waals surface area (Å²) in [4.78, 5) is 24.2. The minimum absolute atomic E-state index is 0.0759. The molecule has 2 atom stereocenters. The molecular weight excluding hydrogens is 302 g/mol. The van der Waals surface area contributed by atoms with E-state index in [0.717, 1.165) is 37.1 Å². The van der Waals surface area contributed by atoms with Crippen LogP contribution in [0.4, 0.5) is 11.4 Å². The maximum Gasteiger partial charge on any atom is 0.227 e. The molecule has 128 valence electrons. The summed E-state index contributed by atoms with van der Waals surface area (Å²) < 4.78 is 0. The van der Waals surface area contributed by atoms with E-state index in [0.29, 0.717) is 24.4 Å². The molecule has 1 aromatic carbocycles.